The Morgan fingerprint density at radius 1 is 1.23 bits per heavy atom. The van der Waals surface area contributed by atoms with Gasteiger partial charge in [0.1, 0.15) is 5.82 Å². The van der Waals surface area contributed by atoms with Gasteiger partial charge in [0, 0.05) is 18.7 Å². The van der Waals surface area contributed by atoms with E-state index in [9.17, 15) is 18.0 Å². The van der Waals surface area contributed by atoms with Crippen molar-refractivity contribution in [3.05, 3.63) is 40.6 Å². The third-order valence-electron chi connectivity index (χ3n) is 5.32. The quantitative estimate of drug-likeness (QED) is 0.700. The van der Waals surface area contributed by atoms with Crippen molar-refractivity contribution in [1.82, 2.24) is 15.1 Å². The van der Waals surface area contributed by atoms with Gasteiger partial charge < -0.3 is 15.4 Å². The van der Waals surface area contributed by atoms with Gasteiger partial charge in [0.2, 0.25) is 0 Å². The zero-order valence-electron chi connectivity index (χ0n) is 16.9. The first-order chi connectivity index (χ1) is 14.2. The van der Waals surface area contributed by atoms with E-state index in [-0.39, 0.29) is 30.0 Å². The Bertz CT molecular complexity index is 1120. The number of sulfone groups is 1. The Labute approximate surface area is 174 Å². The molecule has 2 aliphatic rings. The van der Waals surface area contributed by atoms with E-state index in [1.54, 1.807) is 0 Å². The lowest BCUT2D eigenvalue weighted by Crippen LogP contribution is -2.39. The van der Waals surface area contributed by atoms with Crippen LogP contribution in [0.2, 0.25) is 0 Å². The van der Waals surface area contributed by atoms with Crippen molar-refractivity contribution < 1.29 is 22.7 Å². The smallest absolute Gasteiger partial charge is 0.314 e. The minimum atomic E-state index is -3.32. The molecular weight excluding hydrogens is 408 g/mol. The summed E-state index contributed by atoms with van der Waals surface area (Å²) >= 11 is 0. The fourth-order valence-corrected chi connectivity index (χ4v) is 5.34. The van der Waals surface area contributed by atoms with Crippen LogP contribution in [0.3, 0.4) is 0 Å². The van der Waals surface area contributed by atoms with Crippen LogP contribution in [0, 0.1) is 13.8 Å². The summed E-state index contributed by atoms with van der Waals surface area (Å²) in [5.41, 5.74) is 3.51. The number of carbonyl (C=O) groups is 2. The first-order valence-corrected chi connectivity index (χ1v) is 11.7. The van der Waals surface area contributed by atoms with E-state index in [1.807, 2.05) is 32.0 Å². The number of hydrogen-bond donors (Lipinski definition) is 2. The zero-order chi connectivity index (χ0) is 21.5. The molecular formula is C20H24N4O5S. The van der Waals surface area contributed by atoms with E-state index in [0.717, 1.165) is 24.0 Å². The fraction of sp³-hybridized carbons (Fsp3) is 0.450. The SMILES string of the molecule is Cc1ccc(-n2nc3c(c2NC(=O)C(=O)NCC2CCCO2)CS(=O)(=O)C3)c(C)c1. The molecule has 1 atom stereocenters. The van der Waals surface area contributed by atoms with E-state index >= 15 is 0 Å². The van der Waals surface area contributed by atoms with Gasteiger partial charge in [-0.2, -0.15) is 5.10 Å². The van der Waals surface area contributed by atoms with E-state index in [4.69, 9.17) is 4.74 Å². The monoisotopic (exact) mass is 432 g/mol. The Morgan fingerprint density at radius 3 is 2.73 bits per heavy atom. The number of aromatic nitrogens is 2. The highest BCUT2D eigenvalue weighted by Gasteiger charge is 2.34. The molecule has 1 saturated heterocycles. The molecule has 1 unspecified atom stereocenters. The lowest BCUT2D eigenvalue weighted by molar-refractivity contribution is -0.136. The Balaban J connectivity index is 1.61. The van der Waals surface area contributed by atoms with Gasteiger partial charge in [-0.1, -0.05) is 17.7 Å². The number of carbonyl (C=O) groups excluding carboxylic acids is 2. The molecule has 3 heterocycles. The maximum absolute atomic E-state index is 12.5. The van der Waals surface area contributed by atoms with E-state index in [1.165, 1.54) is 4.68 Å². The van der Waals surface area contributed by atoms with Gasteiger partial charge in [-0.25, -0.2) is 13.1 Å². The number of fused-ring (bicyclic) bond motifs is 1. The van der Waals surface area contributed by atoms with Crippen molar-refractivity contribution in [3.8, 4) is 5.69 Å². The summed E-state index contributed by atoms with van der Waals surface area (Å²) in [6.45, 7) is 4.79. The summed E-state index contributed by atoms with van der Waals surface area (Å²) in [7, 11) is -3.32. The number of benzene rings is 1. The number of ether oxygens (including phenoxy) is 1. The maximum atomic E-state index is 12.5. The third kappa shape index (κ3) is 4.10. The van der Waals surface area contributed by atoms with Crippen molar-refractivity contribution in [2.45, 2.75) is 44.3 Å². The first-order valence-electron chi connectivity index (χ1n) is 9.83. The van der Waals surface area contributed by atoms with Crippen LogP contribution in [0.1, 0.15) is 35.2 Å². The van der Waals surface area contributed by atoms with Gasteiger partial charge in [-0.3, -0.25) is 9.59 Å². The Morgan fingerprint density at radius 2 is 2.03 bits per heavy atom. The van der Waals surface area contributed by atoms with Crippen molar-refractivity contribution in [1.29, 1.82) is 0 Å². The van der Waals surface area contributed by atoms with Gasteiger partial charge in [-0.15, -0.1) is 0 Å². The summed E-state index contributed by atoms with van der Waals surface area (Å²) in [6, 6.07) is 5.74. The summed E-state index contributed by atoms with van der Waals surface area (Å²) in [6.07, 6.45) is 1.69. The molecule has 4 rings (SSSR count). The molecule has 0 radical (unpaired) electrons. The number of amides is 2. The molecule has 0 saturated carbocycles. The second kappa shape index (κ2) is 7.84. The number of hydrogen-bond acceptors (Lipinski definition) is 6. The predicted octanol–water partition coefficient (Wildman–Crippen LogP) is 1.15. The first kappa shape index (κ1) is 20.5. The molecule has 2 amide bonds. The largest absolute Gasteiger partial charge is 0.376 e. The second-order valence-electron chi connectivity index (χ2n) is 7.81. The molecule has 0 bridgehead atoms. The molecule has 0 spiro atoms. The standard InChI is InChI=1S/C20H24N4O5S/c1-12-5-6-17(13(2)8-12)24-18(15-10-30(27,28)11-16(15)23-24)22-20(26)19(25)21-9-14-4-3-7-29-14/h5-6,8,14H,3-4,7,9-11H2,1-2H3,(H,21,25)(H,22,26). The lowest BCUT2D eigenvalue weighted by atomic mass is 10.1. The molecule has 2 aliphatic heterocycles. The number of rotatable bonds is 4. The van der Waals surface area contributed by atoms with Crippen LogP contribution in [0.4, 0.5) is 5.82 Å². The molecule has 9 nitrogen and oxygen atoms in total. The van der Waals surface area contributed by atoms with Crippen LogP contribution in [0.15, 0.2) is 18.2 Å². The van der Waals surface area contributed by atoms with Gasteiger partial charge >= 0.3 is 11.8 Å². The van der Waals surface area contributed by atoms with Crippen molar-refractivity contribution in [2.75, 3.05) is 18.5 Å². The van der Waals surface area contributed by atoms with E-state index in [2.05, 4.69) is 15.7 Å². The molecule has 2 N–H and O–H groups in total. The van der Waals surface area contributed by atoms with Gasteiger partial charge in [0.05, 0.1) is 29.0 Å². The number of anilines is 1. The summed E-state index contributed by atoms with van der Waals surface area (Å²) in [4.78, 5) is 24.8. The van der Waals surface area contributed by atoms with Crippen molar-refractivity contribution in [2.24, 2.45) is 0 Å². The molecule has 1 aromatic carbocycles. The Hall–Kier alpha value is -2.72. The van der Waals surface area contributed by atoms with Crippen LogP contribution < -0.4 is 10.6 Å². The van der Waals surface area contributed by atoms with Gasteiger partial charge in [0.25, 0.3) is 0 Å². The van der Waals surface area contributed by atoms with Crippen molar-refractivity contribution >= 4 is 27.5 Å². The predicted molar refractivity (Wildman–Crippen MR) is 110 cm³/mol. The third-order valence-corrected chi connectivity index (χ3v) is 6.76. The summed E-state index contributed by atoms with van der Waals surface area (Å²) < 4.78 is 31.1. The highest BCUT2D eigenvalue weighted by atomic mass is 32.2. The van der Waals surface area contributed by atoms with Gasteiger partial charge in [0.15, 0.2) is 9.84 Å². The molecule has 30 heavy (non-hydrogen) atoms. The average molecular weight is 433 g/mol. The topological polar surface area (TPSA) is 119 Å². The van der Waals surface area contributed by atoms with E-state index in [0.29, 0.717) is 23.6 Å². The molecule has 10 heteroatoms. The minimum Gasteiger partial charge on any atom is -0.376 e. The highest BCUT2D eigenvalue weighted by Crippen LogP contribution is 2.33. The minimum absolute atomic E-state index is 0.0862. The summed E-state index contributed by atoms with van der Waals surface area (Å²) in [5, 5.41) is 9.60. The van der Waals surface area contributed by atoms with E-state index < -0.39 is 21.7 Å². The molecule has 2 aromatic rings. The lowest BCUT2D eigenvalue weighted by Gasteiger charge is -2.14. The molecule has 1 aromatic heterocycles. The molecule has 160 valence electrons. The van der Waals surface area contributed by atoms with Crippen LogP contribution in [0.5, 0.6) is 0 Å². The van der Waals surface area contributed by atoms with Crippen molar-refractivity contribution in [3.63, 3.8) is 0 Å². The highest BCUT2D eigenvalue weighted by molar-refractivity contribution is 7.90. The van der Waals surface area contributed by atoms with Crippen LogP contribution >= 0.6 is 0 Å². The zero-order valence-corrected chi connectivity index (χ0v) is 17.7. The maximum Gasteiger partial charge on any atom is 0.314 e. The number of nitrogens with one attached hydrogen (secondary N) is 2. The van der Waals surface area contributed by atoms with Crippen LogP contribution in [-0.2, 0) is 35.7 Å². The number of nitrogens with zero attached hydrogens (tertiary/aromatic N) is 2. The van der Waals surface area contributed by atoms with Gasteiger partial charge in [-0.05, 0) is 38.3 Å². The average Bonchev–Trinajstić information content (AvgIpc) is 3.36. The molecule has 1 fully saturated rings. The number of aryl methyl sites for hydroxylation is 2. The normalized spacial score (nSPS) is 19.5. The second-order valence-corrected chi connectivity index (χ2v) is 9.87. The Kier molecular flexibility index (Phi) is 5.37. The molecule has 0 aliphatic carbocycles. The fourth-order valence-electron chi connectivity index (χ4n) is 3.84. The van der Waals surface area contributed by atoms with Crippen LogP contribution in [-0.4, -0.2) is 49.3 Å². The van der Waals surface area contributed by atoms with Crippen LogP contribution in [0.25, 0.3) is 5.69 Å². The summed E-state index contributed by atoms with van der Waals surface area (Å²) in [5.74, 6) is -1.86.